The van der Waals surface area contributed by atoms with E-state index in [1.165, 1.54) is 49.0 Å². The van der Waals surface area contributed by atoms with Crippen molar-refractivity contribution in [2.24, 2.45) is 0 Å². The van der Waals surface area contributed by atoms with Crippen molar-refractivity contribution in [2.75, 3.05) is 37.4 Å². The van der Waals surface area contributed by atoms with Crippen molar-refractivity contribution in [2.45, 2.75) is 37.0 Å². The summed E-state index contributed by atoms with van der Waals surface area (Å²) >= 11 is 1.37. The van der Waals surface area contributed by atoms with Crippen LogP contribution in [0.2, 0.25) is 0 Å². The third-order valence-electron chi connectivity index (χ3n) is 6.56. The van der Waals surface area contributed by atoms with Crippen molar-refractivity contribution in [3.8, 4) is 11.3 Å². The van der Waals surface area contributed by atoms with Crippen LogP contribution in [0.5, 0.6) is 0 Å². The molecule has 5 rings (SSSR count). The summed E-state index contributed by atoms with van der Waals surface area (Å²) in [5.41, 5.74) is 5.77. The monoisotopic (exact) mass is 496 g/mol. The number of nitrogens with zero attached hydrogens (tertiary/aromatic N) is 3. The highest BCUT2D eigenvalue weighted by atomic mass is 32.2. The lowest BCUT2D eigenvalue weighted by Gasteiger charge is -2.22. The van der Waals surface area contributed by atoms with Gasteiger partial charge in [0.1, 0.15) is 0 Å². The smallest absolute Gasteiger partial charge is 0.259 e. The number of nitrogens with one attached hydrogen (secondary N) is 1. The fraction of sp³-hybridized carbons (Fsp3) is 0.360. The molecular formula is C25H28N4O3S2. The zero-order valence-electron chi connectivity index (χ0n) is 19.4. The molecule has 2 heterocycles. The summed E-state index contributed by atoms with van der Waals surface area (Å²) < 4.78 is 26.6. The third-order valence-corrected chi connectivity index (χ3v) is 9.13. The number of benzene rings is 2. The first-order chi connectivity index (χ1) is 16.3. The van der Waals surface area contributed by atoms with Crippen molar-refractivity contribution in [1.29, 1.82) is 0 Å². The molecule has 2 aromatic carbocycles. The number of aryl methyl sites for hydroxylation is 2. The zero-order chi connectivity index (χ0) is 23.9. The summed E-state index contributed by atoms with van der Waals surface area (Å²) in [5, 5.41) is 5.35. The molecule has 178 valence electrons. The number of carbonyl (C=O) groups excluding carboxylic acids is 1. The first-order valence-electron chi connectivity index (χ1n) is 11.5. The Bertz CT molecular complexity index is 1340. The van der Waals surface area contributed by atoms with Crippen LogP contribution in [0.4, 0.5) is 10.8 Å². The van der Waals surface area contributed by atoms with Gasteiger partial charge in [-0.1, -0.05) is 12.1 Å². The second-order valence-electron chi connectivity index (χ2n) is 8.99. The summed E-state index contributed by atoms with van der Waals surface area (Å²) in [4.78, 5) is 20.2. The lowest BCUT2D eigenvalue weighted by atomic mass is 10.1. The van der Waals surface area contributed by atoms with Crippen LogP contribution in [0.15, 0.2) is 46.7 Å². The van der Waals surface area contributed by atoms with Gasteiger partial charge in [-0.3, -0.25) is 10.1 Å². The number of sulfonamides is 1. The van der Waals surface area contributed by atoms with E-state index in [1.54, 1.807) is 12.1 Å². The zero-order valence-corrected chi connectivity index (χ0v) is 21.0. The van der Waals surface area contributed by atoms with E-state index < -0.39 is 10.0 Å². The van der Waals surface area contributed by atoms with Crippen LogP contribution in [-0.2, 0) is 22.9 Å². The van der Waals surface area contributed by atoms with E-state index in [9.17, 15) is 13.2 Å². The van der Waals surface area contributed by atoms with Gasteiger partial charge in [0, 0.05) is 43.8 Å². The minimum Gasteiger partial charge on any atom is -0.371 e. The van der Waals surface area contributed by atoms with Crippen LogP contribution >= 0.6 is 11.3 Å². The molecule has 2 aliphatic rings. The highest BCUT2D eigenvalue weighted by molar-refractivity contribution is 7.89. The van der Waals surface area contributed by atoms with E-state index in [-0.39, 0.29) is 10.8 Å². The Morgan fingerprint density at radius 2 is 1.79 bits per heavy atom. The van der Waals surface area contributed by atoms with E-state index in [1.807, 2.05) is 5.38 Å². The van der Waals surface area contributed by atoms with Crippen molar-refractivity contribution in [1.82, 2.24) is 9.29 Å². The Morgan fingerprint density at radius 1 is 1.03 bits per heavy atom. The molecule has 1 aromatic heterocycles. The van der Waals surface area contributed by atoms with Gasteiger partial charge < -0.3 is 4.90 Å². The van der Waals surface area contributed by atoms with E-state index >= 15 is 0 Å². The van der Waals surface area contributed by atoms with Gasteiger partial charge in [-0.2, -0.15) is 0 Å². The van der Waals surface area contributed by atoms with Crippen molar-refractivity contribution < 1.29 is 13.2 Å². The average Bonchev–Trinajstić information content (AvgIpc) is 3.59. The first-order valence-corrected chi connectivity index (χ1v) is 13.9. The molecule has 7 nitrogen and oxygen atoms in total. The molecule has 0 spiro atoms. The number of amides is 1. The van der Waals surface area contributed by atoms with Gasteiger partial charge in [0.05, 0.1) is 16.2 Å². The maximum atomic E-state index is 13.4. The van der Waals surface area contributed by atoms with Crippen molar-refractivity contribution in [3.05, 3.63) is 58.5 Å². The van der Waals surface area contributed by atoms with Crippen LogP contribution in [-0.4, -0.2) is 50.8 Å². The minimum atomic E-state index is -3.66. The number of carbonyl (C=O) groups is 1. The van der Waals surface area contributed by atoms with Crippen molar-refractivity contribution >= 4 is 38.1 Å². The van der Waals surface area contributed by atoms with Gasteiger partial charge in [0.25, 0.3) is 5.91 Å². The Hall–Kier alpha value is -2.75. The summed E-state index contributed by atoms with van der Waals surface area (Å²) in [6.45, 7) is 1.69. The number of thiazole rings is 1. The Balaban J connectivity index is 1.44. The van der Waals surface area contributed by atoms with Gasteiger partial charge >= 0.3 is 0 Å². The highest BCUT2D eigenvalue weighted by Gasteiger charge is 2.25. The lowest BCUT2D eigenvalue weighted by Crippen LogP contribution is -2.25. The molecule has 3 aromatic rings. The summed E-state index contributed by atoms with van der Waals surface area (Å²) in [6, 6.07) is 11.3. The van der Waals surface area contributed by atoms with E-state index in [0.29, 0.717) is 10.7 Å². The largest absolute Gasteiger partial charge is 0.371 e. The van der Waals surface area contributed by atoms with Gasteiger partial charge in [-0.25, -0.2) is 17.7 Å². The number of aromatic nitrogens is 1. The first kappa shape index (κ1) is 23.0. The number of rotatable bonds is 6. The molecule has 0 bridgehead atoms. The molecule has 0 atom stereocenters. The molecule has 0 radical (unpaired) electrons. The number of hydrogen-bond acceptors (Lipinski definition) is 6. The summed E-state index contributed by atoms with van der Waals surface area (Å²) in [7, 11) is -0.690. The summed E-state index contributed by atoms with van der Waals surface area (Å²) in [6.07, 6.45) is 5.53. The third kappa shape index (κ3) is 4.35. The Morgan fingerprint density at radius 3 is 2.56 bits per heavy atom. The average molecular weight is 497 g/mol. The number of anilines is 2. The second-order valence-corrected chi connectivity index (χ2v) is 12.0. The molecule has 1 saturated heterocycles. The summed E-state index contributed by atoms with van der Waals surface area (Å²) in [5.74, 6) is -0.354. The predicted molar refractivity (Wildman–Crippen MR) is 136 cm³/mol. The number of fused-ring (bicyclic) bond motifs is 1. The Kier molecular flexibility index (Phi) is 6.18. The molecule has 9 heteroatoms. The molecule has 1 N–H and O–H groups in total. The maximum Gasteiger partial charge on any atom is 0.259 e. The molecule has 0 saturated carbocycles. The van der Waals surface area contributed by atoms with Crippen LogP contribution in [0, 0.1) is 0 Å². The van der Waals surface area contributed by atoms with Gasteiger partial charge in [-0.15, -0.1) is 11.3 Å². The van der Waals surface area contributed by atoms with Gasteiger partial charge in [-0.05, 0) is 67.5 Å². The van der Waals surface area contributed by atoms with Crippen molar-refractivity contribution in [3.63, 3.8) is 0 Å². The van der Waals surface area contributed by atoms with Crippen LogP contribution in [0.25, 0.3) is 11.3 Å². The fourth-order valence-electron chi connectivity index (χ4n) is 4.66. The SMILES string of the molecule is CN(C)S(=O)(=O)c1ccc(N2CCCC2)c(C(=O)Nc2nc(-c3ccc4c(c3)CCC4)cs2)c1. The van der Waals surface area contributed by atoms with E-state index in [2.05, 4.69) is 33.4 Å². The molecule has 1 amide bonds. The highest BCUT2D eigenvalue weighted by Crippen LogP contribution is 2.32. The normalized spacial score (nSPS) is 15.7. The fourth-order valence-corrected chi connectivity index (χ4v) is 6.30. The van der Waals surface area contributed by atoms with Gasteiger partial charge in [0.2, 0.25) is 10.0 Å². The Labute approximate surface area is 204 Å². The predicted octanol–water partition coefficient (Wildman–Crippen LogP) is 4.40. The van der Waals surface area contributed by atoms with Gasteiger partial charge in [0.15, 0.2) is 5.13 Å². The lowest BCUT2D eigenvalue weighted by molar-refractivity contribution is 0.102. The standard InChI is InChI=1S/C25H28N4O3S2/c1-28(2)34(31,32)20-10-11-23(29-12-3-4-13-29)21(15-20)24(30)27-25-26-22(16-33-25)19-9-8-17-6-5-7-18(17)14-19/h8-11,14-16H,3-7,12-13H2,1-2H3,(H,26,27,30). The molecule has 0 unspecified atom stereocenters. The number of hydrogen-bond donors (Lipinski definition) is 1. The van der Waals surface area contributed by atoms with Crippen LogP contribution in [0.1, 0.15) is 40.7 Å². The molecule has 1 fully saturated rings. The molecule has 34 heavy (non-hydrogen) atoms. The quantitative estimate of drug-likeness (QED) is 0.547. The maximum absolute atomic E-state index is 13.4. The van der Waals surface area contributed by atoms with E-state index in [0.717, 1.165) is 60.0 Å². The van der Waals surface area contributed by atoms with Crippen LogP contribution in [0.3, 0.4) is 0 Å². The molecular weight excluding hydrogens is 468 g/mol. The molecule has 1 aliphatic heterocycles. The van der Waals surface area contributed by atoms with Crippen LogP contribution < -0.4 is 10.2 Å². The topological polar surface area (TPSA) is 82.6 Å². The minimum absolute atomic E-state index is 0.101. The molecule has 1 aliphatic carbocycles. The second kappa shape index (κ2) is 9.13. The van der Waals surface area contributed by atoms with E-state index in [4.69, 9.17) is 0 Å².